The summed E-state index contributed by atoms with van der Waals surface area (Å²) < 4.78 is 2.11. The van der Waals surface area contributed by atoms with Crippen molar-refractivity contribution in [1.29, 1.82) is 0 Å². The first kappa shape index (κ1) is 18.1. The van der Waals surface area contributed by atoms with Gasteiger partial charge in [-0.2, -0.15) is 0 Å². The smallest absolute Gasteiger partial charge is 0.318 e. The third-order valence-electron chi connectivity index (χ3n) is 4.73. The van der Waals surface area contributed by atoms with Crippen LogP contribution in [0, 0.1) is 13.8 Å². The molecule has 1 aliphatic rings. The summed E-state index contributed by atoms with van der Waals surface area (Å²) in [5.74, 6) is -0.406. The van der Waals surface area contributed by atoms with Crippen molar-refractivity contribution < 1.29 is 9.59 Å². The molecule has 0 saturated carbocycles. The molecule has 0 aliphatic carbocycles. The number of nitrogens with zero attached hydrogens (tertiary/aromatic N) is 2. The van der Waals surface area contributed by atoms with Gasteiger partial charge in [-0.1, -0.05) is 35.9 Å². The predicted octanol–water partition coefficient (Wildman–Crippen LogP) is 4.84. The number of halogens is 1. The molecule has 0 radical (unpaired) electrons. The van der Waals surface area contributed by atoms with Gasteiger partial charge >= 0.3 is 6.03 Å². The van der Waals surface area contributed by atoms with E-state index in [2.05, 4.69) is 9.88 Å². The molecular formula is C22H18ClN3O2. The molecule has 3 amide bonds. The summed E-state index contributed by atoms with van der Waals surface area (Å²) in [5, 5.41) is 3.12. The van der Waals surface area contributed by atoms with Crippen LogP contribution in [0.1, 0.15) is 17.0 Å². The molecule has 1 fully saturated rings. The fraction of sp³-hybridized carbons (Fsp3) is 0.0909. The number of hydrogen-bond acceptors (Lipinski definition) is 2. The molecule has 0 atom stereocenters. The van der Waals surface area contributed by atoms with E-state index in [1.807, 2.05) is 50.2 Å². The first-order chi connectivity index (χ1) is 13.5. The quantitative estimate of drug-likeness (QED) is 0.512. The van der Waals surface area contributed by atoms with Gasteiger partial charge in [-0.15, -0.1) is 0 Å². The molecule has 28 heavy (non-hydrogen) atoms. The number of rotatable bonds is 3. The number of para-hydroxylation sites is 1. The van der Waals surface area contributed by atoms with Crippen molar-refractivity contribution in [1.82, 2.24) is 9.88 Å². The van der Waals surface area contributed by atoms with Gasteiger partial charge in [0.05, 0.1) is 5.69 Å². The minimum Gasteiger partial charge on any atom is -0.318 e. The molecule has 3 aromatic rings. The molecule has 1 aliphatic heterocycles. The Bertz CT molecular complexity index is 1120. The standard InChI is InChI=1S/C22H18ClN3O2/c1-14-11-16(15(2)25(14)18-8-4-3-5-9-18)12-20-21(27)26(22(28)24-20)19-10-6-7-17(23)13-19/h3-13H,1-2H3,(H,24,28)/b20-12+. The number of imide groups is 1. The van der Waals surface area contributed by atoms with Crippen molar-refractivity contribution in [3.8, 4) is 5.69 Å². The lowest BCUT2D eigenvalue weighted by atomic mass is 10.2. The van der Waals surface area contributed by atoms with Crippen LogP contribution in [-0.4, -0.2) is 16.5 Å². The highest BCUT2D eigenvalue weighted by Crippen LogP contribution is 2.27. The maximum absolute atomic E-state index is 12.8. The van der Waals surface area contributed by atoms with Gasteiger partial charge in [-0.05, 0) is 61.9 Å². The maximum Gasteiger partial charge on any atom is 0.333 e. The number of aromatic nitrogens is 1. The Labute approximate surface area is 167 Å². The number of anilines is 1. The van der Waals surface area contributed by atoms with Gasteiger partial charge < -0.3 is 9.88 Å². The minimum atomic E-state index is -0.490. The molecule has 1 N–H and O–H groups in total. The average molecular weight is 392 g/mol. The molecule has 1 aromatic heterocycles. The lowest BCUT2D eigenvalue weighted by Gasteiger charge is -2.11. The summed E-state index contributed by atoms with van der Waals surface area (Å²) in [5.41, 5.74) is 4.62. The fourth-order valence-corrected chi connectivity index (χ4v) is 3.63. The number of hydrogen-bond donors (Lipinski definition) is 1. The van der Waals surface area contributed by atoms with Crippen LogP contribution in [0.5, 0.6) is 0 Å². The summed E-state index contributed by atoms with van der Waals surface area (Å²) in [6, 6.07) is 18.2. The van der Waals surface area contributed by atoms with Gasteiger partial charge in [-0.25, -0.2) is 9.69 Å². The van der Waals surface area contributed by atoms with E-state index in [1.165, 1.54) is 0 Å². The average Bonchev–Trinajstić information content (AvgIpc) is 3.11. The van der Waals surface area contributed by atoms with E-state index >= 15 is 0 Å². The molecular weight excluding hydrogens is 374 g/mol. The zero-order valence-electron chi connectivity index (χ0n) is 15.4. The van der Waals surface area contributed by atoms with E-state index in [-0.39, 0.29) is 5.70 Å². The van der Waals surface area contributed by atoms with Crippen LogP contribution in [0.4, 0.5) is 10.5 Å². The van der Waals surface area contributed by atoms with Crippen LogP contribution < -0.4 is 10.2 Å². The summed E-state index contributed by atoms with van der Waals surface area (Å²) in [6.45, 7) is 4.00. The molecule has 4 rings (SSSR count). The van der Waals surface area contributed by atoms with Crippen molar-refractivity contribution in [2.75, 3.05) is 4.90 Å². The second kappa shape index (κ2) is 7.02. The maximum atomic E-state index is 12.8. The second-order valence-corrected chi connectivity index (χ2v) is 7.04. The Hall–Kier alpha value is -3.31. The number of carbonyl (C=O) groups excluding carboxylic acids is 2. The normalized spacial score (nSPS) is 15.4. The minimum absolute atomic E-state index is 0.235. The Morgan fingerprint density at radius 2 is 1.64 bits per heavy atom. The number of carbonyl (C=O) groups is 2. The molecule has 2 aromatic carbocycles. The first-order valence-electron chi connectivity index (χ1n) is 8.83. The van der Waals surface area contributed by atoms with Gasteiger partial charge in [0.1, 0.15) is 5.70 Å². The van der Waals surface area contributed by atoms with Crippen LogP contribution in [-0.2, 0) is 4.79 Å². The highest BCUT2D eigenvalue weighted by molar-refractivity contribution is 6.32. The molecule has 0 unspecified atom stereocenters. The summed E-state index contributed by atoms with van der Waals surface area (Å²) in [4.78, 5) is 26.3. The van der Waals surface area contributed by atoms with E-state index < -0.39 is 11.9 Å². The number of benzene rings is 2. The summed E-state index contributed by atoms with van der Waals surface area (Å²) in [6.07, 6.45) is 1.71. The highest BCUT2D eigenvalue weighted by Gasteiger charge is 2.35. The lowest BCUT2D eigenvalue weighted by Crippen LogP contribution is -2.30. The molecule has 5 nitrogen and oxygen atoms in total. The van der Waals surface area contributed by atoms with Crippen LogP contribution in [0.2, 0.25) is 5.02 Å². The van der Waals surface area contributed by atoms with Crippen LogP contribution >= 0.6 is 11.6 Å². The Morgan fingerprint density at radius 1 is 0.929 bits per heavy atom. The second-order valence-electron chi connectivity index (χ2n) is 6.61. The van der Waals surface area contributed by atoms with Crippen LogP contribution in [0.3, 0.4) is 0 Å². The van der Waals surface area contributed by atoms with Crippen molar-refractivity contribution in [3.05, 3.63) is 88.3 Å². The summed E-state index contributed by atoms with van der Waals surface area (Å²) in [7, 11) is 0. The third-order valence-corrected chi connectivity index (χ3v) is 4.96. The molecule has 0 bridgehead atoms. The fourth-order valence-electron chi connectivity index (χ4n) is 3.45. The van der Waals surface area contributed by atoms with Gasteiger partial charge in [0.15, 0.2) is 0 Å². The van der Waals surface area contributed by atoms with Crippen molar-refractivity contribution in [2.24, 2.45) is 0 Å². The van der Waals surface area contributed by atoms with E-state index in [1.54, 1.807) is 30.3 Å². The number of urea groups is 1. The third kappa shape index (κ3) is 3.10. The van der Waals surface area contributed by atoms with Crippen molar-refractivity contribution in [3.63, 3.8) is 0 Å². The van der Waals surface area contributed by atoms with E-state index in [4.69, 9.17) is 11.6 Å². The largest absolute Gasteiger partial charge is 0.333 e. The highest BCUT2D eigenvalue weighted by atomic mass is 35.5. The Morgan fingerprint density at radius 3 is 2.36 bits per heavy atom. The lowest BCUT2D eigenvalue weighted by molar-refractivity contribution is -0.113. The molecule has 0 spiro atoms. The number of aryl methyl sites for hydroxylation is 1. The van der Waals surface area contributed by atoms with Crippen molar-refractivity contribution in [2.45, 2.75) is 13.8 Å². The predicted molar refractivity (Wildman–Crippen MR) is 111 cm³/mol. The van der Waals surface area contributed by atoms with Gasteiger partial charge in [0.25, 0.3) is 5.91 Å². The monoisotopic (exact) mass is 391 g/mol. The number of amides is 3. The van der Waals surface area contributed by atoms with Crippen molar-refractivity contribution >= 4 is 35.3 Å². The summed E-state index contributed by atoms with van der Waals surface area (Å²) >= 11 is 6.00. The topological polar surface area (TPSA) is 54.3 Å². The van der Waals surface area contributed by atoms with Gasteiger partial charge in [-0.3, -0.25) is 4.79 Å². The van der Waals surface area contributed by atoms with Crippen LogP contribution in [0.15, 0.2) is 66.4 Å². The Kier molecular flexibility index (Phi) is 4.53. The van der Waals surface area contributed by atoms with Gasteiger partial charge in [0, 0.05) is 22.1 Å². The molecule has 6 heteroatoms. The SMILES string of the molecule is Cc1cc(/C=C2/NC(=O)N(c3cccc(Cl)c3)C2=O)c(C)n1-c1ccccc1. The van der Waals surface area contributed by atoms with Crippen LogP contribution in [0.25, 0.3) is 11.8 Å². The van der Waals surface area contributed by atoms with E-state index in [9.17, 15) is 9.59 Å². The van der Waals surface area contributed by atoms with Gasteiger partial charge in [0.2, 0.25) is 0 Å². The first-order valence-corrected chi connectivity index (χ1v) is 9.20. The van der Waals surface area contributed by atoms with E-state index in [0.717, 1.165) is 27.5 Å². The Balaban J connectivity index is 1.71. The molecule has 140 valence electrons. The zero-order valence-corrected chi connectivity index (χ0v) is 16.2. The number of nitrogens with one attached hydrogen (secondary N) is 1. The van der Waals surface area contributed by atoms with E-state index in [0.29, 0.717) is 10.7 Å². The molecule has 1 saturated heterocycles. The zero-order chi connectivity index (χ0) is 19.8. The molecule has 2 heterocycles.